The zero-order chi connectivity index (χ0) is 16.9. The number of guanidine groups is 1. The van der Waals surface area contributed by atoms with Crippen LogP contribution in [0.25, 0.3) is 0 Å². The van der Waals surface area contributed by atoms with E-state index in [0.717, 1.165) is 55.8 Å². The molecule has 130 valence electrons. The number of aryl methyl sites for hydroxylation is 2. The minimum atomic E-state index is 0.542. The van der Waals surface area contributed by atoms with Crippen molar-refractivity contribution >= 4 is 5.96 Å². The van der Waals surface area contributed by atoms with Gasteiger partial charge in [-0.25, -0.2) is 4.98 Å². The molecule has 0 aliphatic carbocycles. The lowest BCUT2D eigenvalue weighted by Gasteiger charge is -2.36. The summed E-state index contributed by atoms with van der Waals surface area (Å²) < 4.78 is 10.5. The zero-order valence-corrected chi connectivity index (χ0v) is 14.4. The van der Waals surface area contributed by atoms with Crippen LogP contribution in [0.2, 0.25) is 0 Å². The standard InChI is InChI=1S/C16H24N6O2/c1-12-13(2)24-15(19-12)10-18-16(17-3)22-7-5-21(6-8-22)11-14-4-9-23-20-14/h4,9H,5-8,10-11H2,1-3H3,(H,17,18). The lowest BCUT2D eigenvalue weighted by atomic mass is 10.3. The molecule has 2 aromatic rings. The molecule has 1 aliphatic heterocycles. The van der Waals surface area contributed by atoms with Crippen molar-refractivity contribution in [2.45, 2.75) is 26.9 Å². The monoisotopic (exact) mass is 332 g/mol. The van der Waals surface area contributed by atoms with Gasteiger partial charge in [0, 0.05) is 45.8 Å². The first-order valence-corrected chi connectivity index (χ1v) is 8.16. The van der Waals surface area contributed by atoms with Crippen LogP contribution in [0.4, 0.5) is 0 Å². The summed E-state index contributed by atoms with van der Waals surface area (Å²) >= 11 is 0. The van der Waals surface area contributed by atoms with Crippen molar-refractivity contribution in [1.29, 1.82) is 0 Å². The number of hydrogen-bond acceptors (Lipinski definition) is 6. The van der Waals surface area contributed by atoms with Gasteiger partial charge in [0.05, 0.1) is 17.9 Å². The Kier molecular flexibility index (Phi) is 5.14. The Morgan fingerprint density at radius 3 is 2.67 bits per heavy atom. The first-order valence-electron chi connectivity index (χ1n) is 8.16. The Morgan fingerprint density at radius 2 is 2.08 bits per heavy atom. The molecule has 1 saturated heterocycles. The molecule has 0 spiro atoms. The van der Waals surface area contributed by atoms with E-state index >= 15 is 0 Å². The van der Waals surface area contributed by atoms with Crippen LogP contribution in [0, 0.1) is 13.8 Å². The van der Waals surface area contributed by atoms with Crippen LogP contribution < -0.4 is 5.32 Å². The highest BCUT2D eigenvalue weighted by Crippen LogP contribution is 2.09. The van der Waals surface area contributed by atoms with Crippen LogP contribution in [-0.2, 0) is 13.1 Å². The molecule has 1 fully saturated rings. The van der Waals surface area contributed by atoms with E-state index in [1.54, 1.807) is 13.3 Å². The van der Waals surface area contributed by atoms with Crippen LogP contribution in [0.5, 0.6) is 0 Å². The fourth-order valence-corrected chi connectivity index (χ4v) is 2.77. The van der Waals surface area contributed by atoms with Gasteiger partial charge in [-0.1, -0.05) is 5.16 Å². The van der Waals surface area contributed by atoms with Crippen molar-refractivity contribution in [3.8, 4) is 0 Å². The van der Waals surface area contributed by atoms with Crippen LogP contribution >= 0.6 is 0 Å². The summed E-state index contributed by atoms with van der Waals surface area (Å²) in [7, 11) is 1.80. The van der Waals surface area contributed by atoms with Gasteiger partial charge in [-0.2, -0.15) is 0 Å². The Bertz CT molecular complexity index is 651. The Hall–Kier alpha value is -2.35. The molecule has 1 N–H and O–H groups in total. The van der Waals surface area contributed by atoms with E-state index < -0.39 is 0 Å². The second-order valence-corrected chi connectivity index (χ2v) is 5.90. The third-order valence-electron chi connectivity index (χ3n) is 4.23. The molecule has 0 amide bonds. The quantitative estimate of drug-likeness (QED) is 0.665. The minimum Gasteiger partial charge on any atom is -0.444 e. The predicted octanol–water partition coefficient (Wildman–Crippen LogP) is 1.17. The van der Waals surface area contributed by atoms with Crippen LogP contribution in [0.15, 0.2) is 26.3 Å². The van der Waals surface area contributed by atoms with Gasteiger partial charge in [-0.15, -0.1) is 0 Å². The molecule has 1 aliphatic rings. The maximum absolute atomic E-state index is 5.60. The molecule has 0 atom stereocenters. The molecule has 24 heavy (non-hydrogen) atoms. The van der Waals surface area contributed by atoms with E-state index in [1.807, 2.05) is 19.9 Å². The first-order chi connectivity index (χ1) is 11.7. The number of piperazine rings is 1. The van der Waals surface area contributed by atoms with E-state index in [-0.39, 0.29) is 0 Å². The van der Waals surface area contributed by atoms with Crippen LogP contribution in [-0.4, -0.2) is 59.1 Å². The Labute approximate surface area is 141 Å². The van der Waals surface area contributed by atoms with Gasteiger partial charge in [0.2, 0.25) is 5.89 Å². The summed E-state index contributed by atoms with van der Waals surface area (Å²) in [5, 5.41) is 7.30. The first kappa shape index (κ1) is 16.5. The number of aromatic nitrogens is 2. The maximum atomic E-state index is 5.60. The topological polar surface area (TPSA) is 82.9 Å². The lowest BCUT2D eigenvalue weighted by molar-refractivity contribution is 0.168. The molecule has 8 heteroatoms. The zero-order valence-electron chi connectivity index (χ0n) is 14.4. The third-order valence-corrected chi connectivity index (χ3v) is 4.23. The average Bonchev–Trinajstić information content (AvgIpc) is 3.20. The van der Waals surface area contributed by atoms with Gasteiger partial charge in [0.1, 0.15) is 12.0 Å². The molecule has 0 aromatic carbocycles. The van der Waals surface area contributed by atoms with Gasteiger partial charge >= 0.3 is 0 Å². The number of aliphatic imine (C=N–C) groups is 1. The van der Waals surface area contributed by atoms with Gasteiger partial charge < -0.3 is 19.2 Å². The molecular weight excluding hydrogens is 308 g/mol. The fourth-order valence-electron chi connectivity index (χ4n) is 2.77. The second kappa shape index (κ2) is 7.48. The molecule has 8 nitrogen and oxygen atoms in total. The highest BCUT2D eigenvalue weighted by Gasteiger charge is 2.20. The van der Waals surface area contributed by atoms with E-state index in [2.05, 4.69) is 30.2 Å². The van der Waals surface area contributed by atoms with Gasteiger partial charge in [-0.3, -0.25) is 9.89 Å². The van der Waals surface area contributed by atoms with Crippen molar-refractivity contribution in [1.82, 2.24) is 25.3 Å². The van der Waals surface area contributed by atoms with Crippen molar-refractivity contribution in [3.05, 3.63) is 35.4 Å². The van der Waals surface area contributed by atoms with Crippen molar-refractivity contribution in [2.75, 3.05) is 33.2 Å². The van der Waals surface area contributed by atoms with Crippen LogP contribution in [0.1, 0.15) is 23.0 Å². The predicted molar refractivity (Wildman–Crippen MR) is 89.5 cm³/mol. The summed E-state index contributed by atoms with van der Waals surface area (Å²) in [6, 6.07) is 1.91. The Balaban J connectivity index is 1.48. The number of oxazole rings is 1. The molecule has 3 rings (SSSR count). The normalized spacial score (nSPS) is 16.6. The van der Waals surface area contributed by atoms with Crippen molar-refractivity contribution in [3.63, 3.8) is 0 Å². The Morgan fingerprint density at radius 1 is 1.29 bits per heavy atom. The number of rotatable bonds is 4. The summed E-state index contributed by atoms with van der Waals surface area (Å²) in [6.07, 6.45) is 1.61. The summed E-state index contributed by atoms with van der Waals surface area (Å²) in [4.78, 5) is 13.4. The highest BCUT2D eigenvalue weighted by atomic mass is 16.5. The van der Waals surface area contributed by atoms with Crippen molar-refractivity contribution < 1.29 is 8.94 Å². The fraction of sp³-hybridized carbons (Fsp3) is 0.562. The van der Waals surface area contributed by atoms with E-state index in [9.17, 15) is 0 Å². The average molecular weight is 332 g/mol. The van der Waals surface area contributed by atoms with Gasteiger partial charge in [-0.05, 0) is 13.8 Å². The largest absolute Gasteiger partial charge is 0.444 e. The molecule has 0 bridgehead atoms. The molecule has 0 unspecified atom stereocenters. The van der Waals surface area contributed by atoms with Crippen molar-refractivity contribution in [2.24, 2.45) is 4.99 Å². The van der Waals surface area contributed by atoms with Gasteiger partial charge in [0.15, 0.2) is 5.96 Å². The molecule has 2 aromatic heterocycles. The summed E-state index contributed by atoms with van der Waals surface area (Å²) in [6.45, 7) is 9.00. The molecule has 0 radical (unpaired) electrons. The molecular formula is C16H24N6O2. The van der Waals surface area contributed by atoms with E-state index in [4.69, 9.17) is 8.94 Å². The SMILES string of the molecule is CN=C(NCc1nc(C)c(C)o1)N1CCN(Cc2ccon2)CC1. The second-order valence-electron chi connectivity index (χ2n) is 5.90. The van der Waals surface area contributed by atoms with E-state index in [1.165, 1.54) is 0 Å². The molecule has 3 heterocycles. The third kappa shape index (κ3) is 3.94. The van der Waals surface area contributed by atoms with Gasteiger partial charge in [0.25, 0.3) is 0 Å². The summed E-state index contributed by atoms with van der Waals surface area (Å²) in [5.74, 6) is 2.43. The highest BCUT2D eigenvalue weighted by molar-refractivity contribution is 5.79. The van der Waals surface area contributed by atoms with Crippen LogP contribution in [0.3, 0.4) is 0 Å². The number of hydrogen-bond donors (Lipinski definition) is 1. The molecule has 0 saturated carbocycles. The maximum Gasteiger partial charge on any atom is 0.214 e. The minimum absolute atomic E-state index is 0.542. The number of nitrogens with zero attached hydrogens (tertiary/aromatic N) is 5. The smallest absolute Gasteiger partial charge is 0.214 e. The summed E-state index contributed by atoms with van der Waals surface area (Å²) in [5.41, 5.74) is 1.91. The lowest BCUT2D eigenvalue weighted by Crippen LogP contribution is -2.52. The van der Waals surface area contributed by atoms with E-state index in [0.29, 0.717) is 12.4 Å². The number of nitrogens with one attached hydrogen (secondary N) is 1.